The molecule has 0 unspecified atom stereocenters. The van der Waals surface area contributed by atoms with Gasteiger partial charge in [-0.3, -0.25) is 9.69 Å². The van der Waals surface area contributed by atoms with Crippen LogP contribution in [0.15, 0.2) is 79.1 Å². The van der Waals surface area contributed by atoms with Gasteiger partial charge in [0, 0.05) is 30.6 Å². The summed E-state index contributed by atoms with van der Waals surface area (Å²) in [4.78, 5) is 25.1. The van der Waals surface area contributed by atoms with E-state index in [-0.39, 0.29) is 5.91 Å². The summed E-state index contributed by atoms with van der Waals surface area (Å²) in [7, 11) is 0. The smallest absolute Gasteiger partial charge is 0.237 e. The van der Waals surface area contributed by atoms with Gasteiger partial charge in [-0.15, -0.1) is 0 Å². The van der Waals surface area contributed by atoms with E-state index in [0.29, 0.717) is 32.0 Å². The van der Waals surface area contributed by atoms with Gasteiger partial charge in [-0.25, -0.2) is 9.97 Å². The molecular formula is C28H25N5O. The summed E-state index contributed by atoms with van der Waals surface area (Å²) in [6, 6.07) is 24.3. The van der Waals surface area contributed by atoms with Crippen LogP contribution >= 0.6 is 0 Å². The normalized spacial score (nSPS) is 14.1. The number of nitrogens with two attached hydrogens (primary N) is 1. The first-order valence-corrected chi connectivity index (χ1v) is 11.3. The van der Waals surface area contributed by atoms with Gasteiger partial charge in [0.25, 0.3) is 0 Å². The van der Waals surface area contributed by atoms with E-state index < -0.39 is 0 Å². The first-order valence-electron chi connectivity index (χ1n) is 11.3. The number of aromatic nitrogens is 2. The van der Waals surface area contributed by atoms with Gasteiger partial charge < -0.3 is 10.6 Å². The number of fused-ring (bicyclic) bond motifs is 1. The minimum absolute atomic E-state index is 0.111. The number of anilines is 1. The van der Waals surface area contributed by atoms with Crippen molar-refractivity contribution in [3.05, 3.63) is 90.3 Å². The van der Waals surface area contributed by atoms with Gasteiger partial charge in [0.15, 0.2) is 0 Å². The van der Waals surface area contributed by atoms with Crippen LogP contribution in [0.4, 0.5) is 5.82 Å². The van der Waals surface area contributed by atoms with Crippen LogP contribution in [0.2, 0.25) is 0 Å². The van der Waals surface area contributed by atoms with E-state index in [2.05, 4.69) is 44.9 Å². The summed E-state index contributed by atoms with van der Waals surface area (Å²) in [5.41, 5.74) is 11.0. The van der Waals surface area contributed by atoms with E-state index in [4.69, 9.17) is 5.73 Å². The number of carbonyl (C=O) groups is 1. The summed E-state index contributed by atoms with van der Waals surface area (Å²) in [5.74, 6) is 7.16. The van der Waals surface area contributed by atoms with E-state index in [1.54, 1.807) is 0 Å². The SMILES string of the molecule is Nc1ncnc2cc(CN3CCN(CC#Cc4ccccc4-c4ccccc4)CC3=O)ccc12. The third kappa shape index (κ3) is 4.75. The number of carbonyl (C=O) groups excluding carboxylic acids is 1. The molecule has 0 radical (unpaired) electrons. The Labute approximate surface area is 199 Å². The molecule has 1 amide bonds. The van der Waals surface area contributed by atoms with Crippen molar-refractivity contribution < 1.29 is 4.79 Å². The Hall–Kier alpha value is -4.21. The summed E-state index contributed by atoms with van der Waals surface area (Å²) in [6.45, 7) is 2.96. The minimum Gasteiger partial charge on any atom is -0.383 e. The molecule has 1 aliphatic rings. The molecule has 4 aromatic rings. The lowest BCUT2D eigenvalue weighted by molar-refractivity contribution is -0.136. The molecule has 6 heteroatoms. The van der Waals surface area contributed by atoms with E-state index in [1.165, 1.54) is 6.33 Å². The van der Waals surface area contributed by atoms with Gasteiger partial charge >= 0.3 is 0 Å². The molecule has 34 heavy (non-hydrogen) atoms. The monoisotopic (exact) mass is 447 g/mol. The van der Waals surface area contributed by atoms with E-state index >= 15 is 0 Å². The maximum atomic E-state index is 12.8. The fourth-order valence-corrected chi connectivity index (χ4v) is 4.21. The molecule has 0 atom stereocenters. The lowest BCUT2D eigenvalue weighted by atomic mass is 10.0. The lowest BCUT2D eigenvalue weighted by Crippen LogP contribution is -2.49. The molecule has 1 aromatic heterocycles. The van der Waals surface area contributed by atoms with Crippen molar-refractivity contribution in [1.29, 1.82) is 0 Å². The third-order valence-corrected chi connectivity index (χ3v) is 6.04. The molecule has 2 N–H and O–H groups in total. The molecule has 6 nitrogen and oxygen atoms in total. The largest absolute Gasteiger partial charge is 0.383 e. The fourth-order valence-electron chi connectivity index (χ4n) is 4.21. The van der Waals surface area contributed by atoms with E-state index in [1.807, 2.05) is 59.5 Å². The molecule has 0 spiro atoms. The van der Waals surface area contributed by atoms with Crippen LogP contribution < -0.4 is 5.73 Å². The number of piperazine rings is 1. The molecule has 0 bridgehead atoms. The van der Waals surface area contributed by atoms with Crippen LogP contribution in [0, 0.1) is 11.8 Å². The predicted octanol–water partition coefficient (Wildman–Crippen LogP) is 3.57. The maximum absolute atomic E-state index is 12.8. The molecular weight excluding hydrogens is 422 g/mol. The number of benzene rings is 3. The molecule has 1 saturated heterocycles. The zero-order valence-electron chi connectivity index (χ0n) is 18.8. The molecule has 1 fully saturated rings. The highest BCUT2D eigenvalue weighted by molar-refractivity contribution is 5.88. The van der Waals surface area contributed by atoms with Crippen molar-refractivity contribution in [2.75, 3.05) is 31.9 Å². The molecule has 0 saturated carbocycles. The van der Waals surface area contributed by atoms with Gasteiger partial charge in [0.05, 0.1) is 18.6 Å². The summed E-state index contributed by atoms with van der Waals surface area (Å²) in [5, 5.41) is 0.829. The second kappa shape index (κ2) is 9.74. The third-order valence-electron chi connectivity index (χ3n) is 6.04. The number of rotatable bonds is 4. The molecule has 3 aromatic carbocycles. The van der Waals surface area contributed by atoms with Crippen LogP contribution in [0.3, 0.4) is 0 Å². The Morgan fingerprint density at radius 1 is 0.941 bits per heavy atom. The van der Waals surface area contributed by atoms with Crippen molar-refractivity contribution in [3.63, 3.8) is 0 Å². The number of nitrogens with zero attached hydrogens (tertiary/aromatic N) is 4. The Kier molecular flexibility index (Phi) is 6.19. The number of hydrogen-bond acceptors (Lipinski definition) is 5. The maximum Gasteiger partial charge on any atom is 0.237 e. The van der Waals surface area contributed by atoms with Crippen LogP contribution in [0.25, 0.3) is 22.0 Å². The van der Waals surface area contributed by atoms with Crippen LogP contribution in [-0.4, -0.2) is 51.9 Å². The van der Waals surface area contributed by atoms with E-state index in [0.717, 1.165) is 39.7 Å². The number of nitrogen functional groups attached to an aromatic ring is 1. The Bertz CT molecular complexity index is 1390. The standard InChI is InChI=1S/C28H25N5O/c29-28-25-13-12-21(17-26(25)30-20-31-28)18-33-16-15-32(19-27(33)34)14-6-10-23-9-4-5-11-24(23)22-7-2-1-3-8-22/h1-5,7-9,11-13,17,20H,14-16,18-19H2,(H2,29,30,31). The first kappa shape index (κ1) is 21.6. The predicted molar refractivity (Wildman–Crippen MR) is 135 cm³/mol. The summed E-state index contributed by atoms with van der Waals surface area (Å²) < 4.78 is 0. The summed E-state index contributed by atoms with van der Waals surface area (Å²) >= 11 is 0. The van der Waals surface area contributed by atoms with Crippen LogP contribution in [-0.2, 0) is 11.3 Å². The van der Waals surface area contributed by atoms with Crippen molar-refractivity contribution in [2.24, 2.45) is 0 Å². The Morgan fingerprint density at radius 2 is 1.76 bits per heavy atom. The van der Waals surface area contributed by atoms with Gasteiger partial charge in [-0.2, -0.15) is 0 Å². The van der Waals surface area contributed by atoms with Crippen LogP contribution in [0.1, 0.15) is 11.1 Å². The second-order valence-electron chi connectivity index (χ2n) is 8.35. The Balaban J connectivity index is 1.21. The number of amides is 1. The number of hydrogen-bond donors (Lipinski definition) is 1. The first-order chi connectivity index (χ1) is 16.7. The zero-order chi connectivity index (χ0) is 23.3. The van der Waals surface area contributed by atoms with E-state index in [9.17, 15) is 4.79 Å². The van der Waals surface area contributed by atoms with Gasteiger partial charge in [0.1, 0.15) is 12.1 Å². The highest BCUT2D eigenvalue weighted by Crippen LogP contribution is 2.23. The minimum atomic E-state index is 0.111. The fraction of sp³-hybridized carbons (Fsp3) is 0.179. The van der Waals surface area contributed by atoms with Crippen molar-refractivity contribution in [2.45, 2.75) is 6.54 Å². The van der Waals surface area contributed by atoms with Crippen molar-refractivity contribution >= 4 is 22.6 Å². The van der Waals surface area contributed by atoms with Crippen molar-refractivity contribution in [1.82, 2.24) is 19.8 Å². The van der Waals surface area contributed by atoms with Crippen molar-refractivity contribution in [3.8, 4) is 23.0 Å². The van der Waals surface area contributed by atoms with Gasteiger partial charge in [-0.1, -0.05) is 66.4 Å². The zero-order valence-corrected chi connectivity index (χ0v) is 18.8. The molecule has 2 heterocycles. The Morgan fingerprint density at radius 3 is 2.62 bits per heavy atom. The highest BCUT2D eigenvalue weighted by atomic mass is 16.2. The average molecular weight is 448 g/mol. The van der Waals surface area contributed by atoms with Crippen LogP contribution in [0.5, 0.6) is 0 Å². The van der Waals surface area contributed by atoms with Gasteiger partial charge in [0.2, 0.25) is 5.91 Å². The second-order valence-corrected chi connectivity index (χ2v) is 8.35. The average Bonchev–Trinajstić information content (AvgIpc) is 2.87. The molecule has 0 aliphatic carbocycles. The lowest BCUT2D eigenvalue weighted by Gasteiger charge is -2.33. The quantitative estimate of drug-likeness (QED) is 0.484. The molecule has 168 valence electrons. The topological polar surface area (TPSA) is 75.3 Å². The highest BCUT2D eigenvalue weighted by Gasteiger charge is 2.23. The van der Waals surface area contributed by atoms with Gasteiger partial charge in [-0.05, 0) is 34.9 Å². The summed E-state index contributed by atoms with van der Waals surface area (Å²) in [6.07, 6.45) is 1.46. The molecule has 1 aliphatic heterocycles. The molecule has 5 rings (SSSR count).